The van der Waals surface area contributed by atoms with E-state index in [0.717, 1.165) is 28.7 Å². The highest BCUT2D eigenvalue weighted by atomic mass is 35.5. The van der Waals surface area contributed by atoms with Gasteiger partial charge in [0, 0.05) is 33.1 Å². The Labute approximate surface area is 121 Å². The van der Waals surface area contributed by atoms with Crippen LogP contribution in [0.4, 0.5) is 5.69 Å². The van der Waals surface area contributed by atoms with Crippen LogP contribution in [0.15, 0.2) is 28.4 Å². The lowest BCUT2D eigenvalue weighted by Crippen LogP contribution is -2.39. The molecule has 1 fully saturated rings. The molecule has 1 aromatic carbocycles. The van der Waals surface area contributed by atoms with Crippen LogP contribution < -0.4 is 10.3 Å². The summed E-state index contributed by atoms with van der Waals surface area (Å²) in [6.45, 7) is 3.18. The van der Waals surface area contributed by atoms with Crippen molar-refractivity contribution in [2.75, 3.05) is 11.4 Å². The first kappa shape index (κ1) is 12.9. The summed E-state index contributed by atoms with van der Waals surface area (Å²) in [6, 6.07) is 5.99. The van der Waals surface area contributed by atoms with Crippen molar-refractivity contribution in [2.45, 2.75) is 32.2 Å². The van der Waals surface area contributed by atoms with E-state index in [0.29, 0.717) is 11.1 Å². The fourth-order valence-electron chi connectivity index (χ4n) is 2.75. The Bertz CT molecular complexity index is 667. The first-order valence-corrected chi connectivity index (χ1v) is 7.90. The minimum absolute atomic E-state index is 0.116. The number of rotatable bonds is 1. The normalized spacial score (nSPS) is 19.9. The number of nitrogens with zero attached hydrogens (tertiary/aromatic N) is 1. The van der Waals surface area contributed by atoms with Gasteiger partial charge in [-0.3, -0.25) is 4.79 Å². The van der Waals surface area contributed by atoms with E-state index in [9.17, 15) is 4.79 Å². The number of benzene rings is 1. The Balaban J connectivity index is 2.14. The molecule has 2 nitrogen and oxygen atoms in total. The predicted octanol–water partition coefficient (Wildman–Crippen LogP) is 4.29. The van der Waals surface area contributed by atoms with Crippen molar-refractivity contribution in [2.24, 2.45) is 0 Å². The maximum atomic E-state index is 12.6. The molecule has 0 amide bonds. The monoisotopic (exact) mass is 293 g/mol. The van der Waals surface area contributed by atoms with Crippen LogP contribution in [0.25, 0.3) is 10.1 Å². The van der Waals surface area contributed by atoms with Gasteiger partial charge in [-0.15, -0.1) is 11.3 Å². The second-order valence-corrected chi connectivity index (χ2v) is 6.48. The van der Waals surface area contributed by atoms with Gasteiger partial charge in [0.25, 0.3) is 0 Å². The van der Waals surface area contributed by atoms with E-state index in [2.05, 4.69) is 11.8 Å². The van der Waals surface area contributed by atoms with Crippen LogP contribution >= 0.6 is 22.9 Å². The molecule has 100 valence electrons. The highest BCUT2D eigenvalue weighted by Crippen LogP contribution is 2.27. The van der Waals surface area contributed by atoms with Gasteiger partial charge < -0.3 is 4.90 Å². The van der Waals surface area contributed by atoms with E-state index < -0.39 is 0 Å². The minimum atomic E-state index is 0.116. The zero-order valence-corrected chi connectivity index (χ0v) is 12.4. The van der Waals surface area contributed by atoms with Crippen molar-refractivity contribution in [3.63, 3.8) is 0 Å². The van der Waals surface area contributed by atoms with Crippen LogP contribution in [-0.2, 0) is 0 Å². The SMILES string of the molecule is CC1CCCCN1c1csc2ccc(Cl)cc2c1=O. The number of hydrogen-bond donors (Lipinski definition) is 0. The van der Waals surface area contributed by atoms with Crippen molar-refractivity contribution in [1.82, 2.24) is 0 Å². The van der Waals surface area contributed by atoms with Gasteiger partial charge in [0.2, 0.25) is 5.43 Å². The lowest BCUT2D eigenvalue weighted by Gasteiger charge is -2.34. The second-order valence-electron chi connectivity index (χ2n) is 5.13. The largest absolute Gasteiger partial charge is 0.365 e. The highest BCUT2D eigenvalue weighted by Gasteiger charge is 2.21. The first-order chi connectivity index (χ1) is 9.16. The molecule has 1 aliphatic heterocycles. The van der Waals surface area contributed by atoms with E-state index >= 15 is 0 Å². The highest BCUT2D eigenvalue weighted by molar-refractivity contribution is 7.16. The lowest BCUT2D eigenvalue weighted by atomic mass is 10.0. The summed E-state index contributed by atoms with van der Waals surface area (Å²) in [6.07, 6.45) is 3.59. The number of fused-ring (bicyclic) bond motifs is 1. The lowest BCUT2D eigenvalue weighted by molar-refractivity contribution is 0.484. The molecule has 19 heavy (non-hydrogen) atoms. The standard InChI is InChI=1S/C15H16ClNOS/c1-10-4-2-3-7-17(10)13-9-19-14-6-5-11(16)8-12(14)15(13)18/h5-6,8-10H,2-4,7H2,1H3. The van der Waals surface area contributed by atoms with E-state index in [4.69, 9.17) is 11.6 Å². The smallest absolute Gasteiger partial charge is 0.211 e. The van der Waals surface area contributed by atoms with Gasteiger partial charge >= 0.3 is 0 Å². The zero-order valence-electron chi connectivity index (χ0n) is 10.9. The van der Waals surface area contributed by atoms with Crippen molar-refractivity contribution < 1.29 is 0 Å². The molecule has 1 aromatic heterocycles. The Morgan fingerprint density at radius 1 is 1.37 bits per heavy atom. The summed E-state index contributed by atoms with van der Waals surface area (Å²) in [4.78, 5) is 14.9. The zero-order chi connectivity index (χ0) is 13.4. The molecule has 0 saturated carbocycles. The molecule has 1 unspecified atom stereocenters. The summed E-state index contributed by atoms with van der Waals surface area (Å²) in [7, 11) is 0. The molecule has 3 rings (SSSR count). The fraction of sp³-hybridized carbons (Fsp3) is 0.400. The second kappa shape index (κ2) is 5.14. The molecule has 0 bridgehead atoms. The first-order valence-electron chi connectivity index (χ1n) is 6.64. The molecule has 0 aliphatic carbocycles. The summed E-state index contributed by atoms with van der Waals surface area (Å²) in [5.74, 6) is 0. The van der Waals surface area contributed by atoms with Gasteiger partial charge in [0.1, 0.15) is 0 Å². The van der Waals surface area contributed by atoms with Gasteiger partial charge in [-0.1, -0.05) is 11.6 Å². The average Bonchev–Trinajstić information content (AvgIpc) is 2.41. The summed E-state index contributed by atoms with van der Waals surface area (Å²) < 4.78 is 1.00. The van der Waals surface area contributed by atoms with Gasteiger partial charge in [-0.2, -0.15) is 0 Å². The molecular formula is C15H16ClNOS. The number of halogens is 1. The Morgan fingerprint density at radius 3 is 3.00 bits per heavy atom. The third-order valence-corrected chi connectivity index (χ3v) is 5.01. The van der Waals surface area contributed by atoms with Gasteiger partial charge in [-0.25, -0.2) is 0 Å². The summed E-state index contributed by atoms with van der Waals surface area (Å²) >= 11 is 7.63. The number of anilines is 1. The van der Waals surface area contributed by atoms with Crippen LogP contribution in [0.2, 0.25) is 5.02 Å². The topological polar surface area (TPSA) is 20.3 Å². The van der Waals surface area contributed by atoms with Crippen LogP contribution in [0.5, 0.6) is 0 Å². The molecule has 2 aromatic rings. The third kappa shape index (κ3) is 2.37. The molecule has 0 radical (unpaired) electrons. The molecule has 0 spiro atoms. The minimum Gasteiger partial charge on any atom is -0.365 e. The maximum absolute atomic E-state index is 12.6. The quantitative estimate of drug-likeness (QED) is 0.781. The number of piperidine rings is 1. The van der Waals surface area contributed by atoms with Crippen molar-refractivity contribution in [3.8, 4) is 0 Å². The van der Waals surface area contributed by atoms with E-state index in [-0.39, 0.29) is 5.43 Å². The fourth-order valence-corrected chi connectivity index (χ4v) is 3.83. The van der Waals surface area contributed by atoms with Crippen molar-refractivity contribution in [1.29, 1.82) is 0 Å². The Kier molecular flexibility index (Phi) is 3.50. The molecule has 0 N–H and O–H groups in total. The Hall–Kier alpha value is -1.06. The maximum Gasteiger partial charge on any atom is 0.211 e. The number of hydrogen-bond acceptors (Lipinski definition) is 3. The van der Waals surface area contributed by atoms with Crippen LogP contribution in [0.3, 0.4) is 0 Å². The van der Waals surface area contributed by atoms with E-state index in [1.54, 1.807) is 17.4 Å². The Morgan fingerprint density at radius 2 is 2.21 bits per heavy atom. The van der Waals surface area contributed by atoms with Crippen LogP contribution in [0.1, 0.15) is 26.2 Å². The molecule has 1 saturated heterocycles. The van der Waals surface area contributed by atoms with Gasteiger partial charge in [0.05, 0.1) is 5.69 Å². The molecule has 1 aliphatic rings. The molecule has 4 heteroatoms. The summed E-state index contributed by atoms with van der Waals surface area (Å²) in [5, 5.41) is 3.37. The van der Waals surface area contributed by atoms with Crippen LogP contribution in [-0.4, -0.2) is 12.6 Å². The van der Waals surface area contributed by atoms with Crippen molar-refractivity contribution in [3.05, 3.63) is 38.8 Å². The molecule has 2 heterocycles. The van der Waals surface area contributed by atoms with Crippen molar-refractivity contribution >= 4 is 38.7 Å². The molecular weight excluding hydrogens is 278 g/mol. The molecule has 1 atom stereocenters. The van der Waals surface area contributed by atoms with Gasteiger partial charge in [0.15, 0.2) is 0 Å². The summed E-state index contributed by atoms with van der Waals surface area (Å²) in [5.41, 5.74) is 0.956. The average molecular weight is 294 g/mol. The predicted molar refractivity (Wildman–Crippen MR) is 83.8 cm³/mol. The van der Waals surface area contributed by atoms with E-state index in [1.807, 2.05) is 17.5 Å². The van der Waals surface area contributed by atoms with Crippen LogP contribution in [0, 0.1) is 0 Å². The third-order valence-electron chi connectivity index (χ3n) is 3.83. The van der Waals surface area contributed by atoms with Gasteiger partial charge in [-0.05, 0) is 44.4 Å². The van der Waals surface area contributed by atoms with E-state index in [1.165, 1.54) is 12.8 Å².